The maximum Gasteiger partial charge on any atom is 0.332 e. The van der Waals surface area contributed by atoms with Crippen LogP contribution in [0, 0.1) is 11.3 Å². The molecule has 0 radical (unpaired) electrons. The molecule has 0 saturated carbocycles. The van der Waals surface area contributed by atoms with Gasteiger partial charge in [0.15, 0.2) is 0 Å². The average Bonchev–Trinajstić information content (AvgIpc) is 3.16. The number of nitriles is 1. The lowest BCUT2D eigenvalue weighted by molar-refractivity contribution is -0.119. The number of para-hydroxylation sites is 1. The van der Waals surface area contributed by atoms with Gasteiger partial charge in [0.05, 0.1) is 23.4 Å². The number of carbonyl (C=O) groups excluding carboxylic acids is 2. The van der Waals surface area contributed by atoms with Crippen molar-refractivity contribution in [3.8, 4) is 6.07 Å². The molecule has 5 nitrogen and oxygen atoms in total. The van der Waals surface area contributed by atoms with Crippen molar-refractivity contribution in [3.05, 3.63) is 77.2 Å². The zero-order chi connectivity index (χ0) is 18.1. The van der Waals surface area contributed by atoms with Crippen LogP contribution in [-0.4, -0.2) is 28.1 Å². The van der Waals surface area contributed by atoms with E-state index in [1.165, 1.54) is 16.7 Å². The molecule has 1 fully saturated rings. The van der Waals surface area contributed by atoms with Gasteiger partial charge < -0.3 is 4.90 Å². The number of rotatable bonds is 3. The van der Waals surface area contributed by atoms with E-state index < -0.39 is 0 Å². The van der Waals surface area contributed by atoms with Crippen molar-refractivity contribution in [2.24, 2.45) is 0 Å². The number of fused-ring (bicyclic) bond motifs is 1. The Morgan fingerprint density at radius 2 is 1.88 bits per heavy atom. The fourth-order valence-corrected chi connectivity index (χ4v) is 4.31. The molecule has 0 N–H and O–H groups in total. The monoisotopic (exact) mass is 361 g/mol. The zero-order valence-electron chi connectivity index (χ0n) is 13.8. The van der Waals surface area contributed by atoms with E-state index in [2.05, 4.69) is 6.07 Å². The first kappa shape index (κ1) is 16.4. The van der Waals surface area contributed by atoms with Crippen LogP contribution in [0.25, 0.3) is 0 Å². The smallest absolute Gasteiger partial charge is 0.312 e. The van der Waals surface area contributed by atoms with Gasteiger partial charge in [0.25, 0.3) is 5.91 Å². The van der Waals surface area contributed by atoms with Crippen molar-refractivity contribution in [3.63, 3.8) is 0 Å². The topological polar surface area (TPSA) is 64.4 Å². The van der Waals surface area contributed by atoms with Gasteiger partial charge in [-0.3, -0.25) is 4.79 Å². The first-order valence-corrected chi connectivity index (χ1v) is 9.14. The first-order chi connectivity index (χ1) is 12.7. The number of imide groups is 1. The van der Waals surface area contributed by atoms with Crippen LogP contribution in [0.3, 0.4) is 0 Å². The summed E-state index contributed by atoms with van der Waals surface area (Å²) >= 11 is 1.44. The third-order valence-electron chi connectivity index (χ3n) is 4.50. The lowest BCUT2D eigenvalue weighted by Crippen LogP contribution is -2.61. The number of urea groups is 1. The number of nitrogens with zero attached hydrogens (tertiary/aromatic N) is 3. The molecule has 2 aliphatic heterocycles. The van der Waals surface area contributed by atoms with Crippen molar-refractivity contribution in [2.45, 2.75) is 17.8 Å². The standard InChI is InChI=1S/C20H15N3O2S/c21-12-14-5-4-6-15(11-14)13-22-17-9-10-26-18(17)19(24)23(20(22)25)16-7-2-1-3-8-16/h1-11,17-18H,13H2. The number of thioether (sulfide) groups is 1. The molecule has 0 aromatic heterocycles. The Morgan fingerprint density at radius 3 is 2.65 bits per heavy atom. The molecule has 128 valence electrons. The largest absolute Gasteiger partial charge is 0.332 e. The quantitative estimate of drug-likeness (QED) is 0.839. The SMILES string of the molecule is N#Cc1cccc(CN2C(=O)N(c3ccccc3)C(=O)C3SC=CC32)c1. The Labute approximate surface area is 155 Å². The lowest BCUT2D eigenvalue weighted by atomic mass is 10.0. The molecule has 3 amide bonds. The van der Waals surface area contributed by atoms with Crippen LogP contribution in [-0.2, 0) is 11.3 Å². The Bertz CT molecular complexity index is 936. The maximum atomic E-state index is 13.2. The fourth-order valence-electron chi connectivity index (χ4n) is 3.26. The summed E-state index contributed by atoms with van der Waals surface area (Å²) < 4.78 is 0. The fraction of sp³-hybridized carbons (Fsp3) is 0.150. The number of amides is 3. The van der Waals surface area contributed by atoms with E-state index >= 15 is 0 Å². The van der Waals surface area contributed by atoms with Gasteiger partial charge >= 0.3 is 6.03 Å². The lowest BCUT2D eigenvalue weighted by Gasteiger charge is -2.41. The summed E-state index contributed by atoms with van der Waals surface area (Å²) in [6, 6.07) is 17.7. The second-order valence-electron chi connectivity index (χ2n) is 6.11. The van der Waals surface area contributed by atoms with Crippen molar-refractivity contribution >= 4 is 29.4 Å². The van der Waals surface area contributed by atoms with E-state index in [9.17, 15) is 9.59 Å². The van der Waals surface area contributed by atoms with Crippen molar-refractivity contribution in [2.75, 3.05) is 4.90 Å². The molecule has 0 aliphatic carbocycles. The van der Waals surface area contributed by atoms with Crippen LogP contribution in [0.2, 0.25) is 0 Å². The highest BCUT2D eigenvalue weighted by Gasteiger charge is 2.47. The molecule has 6 heteroatoms. The van der Waals surface area contributed by atoms with Crippen LogP contribution >= 0.6 is 11.8 Å². The van der Waals surface area contributed by atoms with Crippen LogP contribution < -0.4 is 4.90 Å². The van der Waals surface area contributed by atoms with E-state index in [0.29, 0.717) is 17.8 Å². The predicted molar refractivity (Wildman–Crippen MR) is 100 cm³/mol. The second kappa shape index (κ2) is 6.70. The highest BCUT2D eigenvalue weighted by atomic mass is 32.2. The van der Waals surface area contributed by atoms with Gasteiger partial charge in [0.2, 0.25) is 0 Å². The molecule has 4 rings (SSSR count). The molecule has 1 saturated heterocycles. The number of benzene rings is 2. The van der Waals surface area contributed by atoms with E-state index in [1.807, 2.05) is 35.7 Å². The Hall–Kier alpha value is -3.04. The summed E-state index contributed by atoms with van der Waals surface area (Å²) in [5, 5.41) is 10.6. The summed E-state index contributed by atoms with van der Waals surface area (Å²) in [6.45, 7) is 0.344. The normalized spacial score (nSPS) is 21.7. The molecule has 2 aromatic carbocycles. The number of anilines is 1. The van der Waals surface area contributed by atoms with Gasteiger partial charge in [0.1, 0.15) is 5.25 Å². The molecule has 2 aliphatic rings. The maximum absolute atomic E-state index is 13.2. The summed E-state index contributed by atoms with van der Waals surface area (Å²) in [6.07, 6.45) is 1.90. The minimum atomic E-state index is -0.341. The van der Waals surface area contributed by atoms with Crippen LogP contribution in [0.5, 0.6) is 0 Å². The van der Waals surface area contributed by atoms with Crippen LogP contribution in [0.1, 0.15) is 11.1 Å². The average molecular weight is 361 g/mol. The van der Waals surface area contributed by atoms with Crippen molar-refractivity contribution in [1.29, 1.82) is 5.26 Å². The number of carbonyl (C=O) groups is 2. The highest BCUT2D eigenvalue weighted by Crippen LogP contribution is 2.37. The van der Waals surface area contributed by atoms with Gasteiger partial charge in [-0.25, -0.2) is 9.69 Å². The van der Waals surface area contributed by atoms with Crippen LogP contribution in [0.15, 0.2) is 66.1 Å². The van der Waals surface area contributed by atoms with Gasteiger partial charge in [0, 0.05) is 6.54 Å². The van der Waals surface area contributed by atoms with Gasteiger partial charge in [-0.1, -0.05) is 36.4 Å². The minimum absolute atomic E-state index is 0.191. The van der Waals surface area contributed by atoms with Crippen molar-refractivity contribution in [1.82, 2.24) is 4.90 Å². The van der Waals surface area contributed by atoms with E-state index in [1.54, 1.807) is 35.2 Å². The first-order valence-electron chi connectivity index (χ1n) is 8.20. The molecule has 26 heavy (non-hydrogen) atoms. The predicted octanol–water partition coefficient (Wildman–Crippen LogP) is 3.52. The highest BCUT2D eigenvalue weighted by molar-refractivity contribution is 8.03. The molecular formula is C20H15N3O2S. The molecule has 0 spiro atoms. The Balaban J connectivity index is 1.70. The van der Waals surface area contributed by atoms with Gasteiger partial charge in [-0.2, -0.15) is 5.26 Å². The summed E-state index contributed by atoms with van der Waals surface area (Å²) in [5.74, 6) is -0.191. The van der Waals surface area contributed by atoms with Gasteiger partial charge in [-0.05, 0) is 35.2 Å². The van der Waals surface area contributed by atoms with Crippen molar-refractivity contribution < 1.29 is 9.59 Å². The molecular weight excluding hydrogens is 346 g/mol. The third-order valence-corrected chi connectivity index (χ3v) is 5.58. The Morgan fingerprint density at radius 1 is 1.08 bits per heavy atom. The summed E-state index contributed by atoms with van der Waals surface area (Å²) in [5.41, 5.74) is 1.99. The molecule has 2 aromatic rings. The summed E-state index contributed by atoms with van der Waals surface area (Å²) in [7, 11) is 0. The molecule has 0 bridgehead atoms. The third kappa shape index (κ3) is 2.76. The molecule has 2 unspecified atom stereocenters. The van der Waals surface area contributed by atoms with Crippen LogP contribution in [0.4, 0.5) is 10.5 Å². The number of hydrogen-bond acceptors (Lipinski definition) is 4. The second-order valence-corrected chi connectivity index (χ2v) is 7.16. The van der Waals surface area contributed by atoms with Gasteiger partial charge in [-0.15, -0.1) is 11.8 Å². The molecule has 2 heterocycles. The number of hydrogen-bond donors (Lipinski definition) is 0. The molecule has 2 atom stereocenters. The Kier molecular flexibility index (Phi) is 4.23. The summed E-state index contributed by atoms with van der Waals surface area (Å²) in [4.78, 5) is 29.0. The van der Waals surface area contributed by atoms with E-state index in [4.69, 9.17) is 5.26 Å². The minimum Gasteiger partial charge on any atom is -0.312 e. The zero-order valence-corrected chi connectivity index (χ0v) is 14.6. The van der Waals surface area contributed by atoms with E-state index in [0.717, 1.165) is 5.56 Å². The van der Waals surface area contributed by atoms with E-state index in [-0.39, 0.29) is 23.2 Å².